The van der Waals surface area contributed by atoms with Crippen LogP contribution in [0.1, 0.15) is 49.7 Å². The highest BCUT2D eigenvalue weighted by atomic mass is 16.4. The first-order valence-electron chi connectivity index (χ1n) is 6.19. The van der Waals surface area contributed by atoms with E-state index in [2.05, 4.69) is 6.07 Å². The first-order valence-corrected chi connectivity index (χ1v) is 6.19. The van der Waals surface area contributed by atoms with Gasteiger partial charge in [0.05, 0.1) is 0 Å². The highest BCUT2D eigenvalue weighted by Gasteiger charge is 2.19. The Bertz CT molecular complexity index is 440. The van der Waals surface area contributed by atoms with E-state index in [9.17, 15) is 4.79 Å². The van der Waals surface area contributed by atoms with Gasteiger partial charge in [-0.15, -0.1) is 0 Å². The number of carbonyl (C=O) groups is 1. The molecule has 90 valence electrons. The molecule has 1 aliphatic rings. The van der Waals surface area contributed by atoms with Crippen molar-refractivity contribution in [3.63, 3.8) is 0 Å². The van der Waals surface area contributed by atoms with Crippen molar-refractivity contribution in [2.45, 2.75) is 38.5 Å². The summed E-state index contributed by atoms with van der Waals surface area (Å²) in [7, 11) is 0. The quantitative estimate of drug-likeness (QED) is 0.801. The summed E-state index contributed by atoms with van der Waals surface area (Å²) in [6.07, 6.45) is 6.84. The molecule has 0 atom stereocenters. The average Bonchev–Trinajstić information content (AvgIpc) is 2.83. The van der Waals surface area contributed by atoms with Crippen LogP contribution in [0.25, 0.3) is 6.08 Å². The lowest BCUT2D eigenvalue weighted by molar-refractivity contribution is -0.132. The molecule has 0 aromatic heterocycles. The van der Waals surface area contributed by atoms with E-state index in [1.54, 1.807) is 13.0 Å². The highest BCUT2D eigenvalue weighted by molar-refractivity contribution is 5.91. The van der Waals surface area contributed by atoms with Crippen LogP contribution in [-0.2, 0) is 4.79 Å². The van der Waals surface area contributed by atoms with Crippen molar-refractivity contribution >= 4 is 12.0 Å². The third-order valence-corrected chi connectivity index (χ3v) is 3.50. The summed E-state index contributed by atoms with van der Waals surface area (Å²) in [4.78, 5) is 10.9. The molecule has 0 heterocycles. The molecule has 0 radical (unpaired) electrons. The summed E-state index contributed by atoms with van der Waals surface area (Å²) in [5.41, 5.74) is 2.78. The summed E-state index contributed by atoms with van der Waals surface area (Å²) < 4.78 is 0. The van der Waals surface area contributed by atoms with Gasteiger partial charge in [0, 0.05) is 5.57 Å². The topological polar surface area (TPSA) is 37.3 Å². The lowest BCUT2D eigenvalue weighted by Gasteiger charge is -2.13. The Hall–Kier alpha value is -1.57. The minimum atomic E-state index is -0.841. The van der Waals surface area contributed by atoms with Crippen molar-refractivity contribution in [1.29, 1.82) is 0 Å². The molecule has 0 aliphatic heterocycles. The molecular formula is C15H18O2. The van der Waals surface area contributed by atoms with Crippen LogP contribution < -0.4 is 0 Å². The van der Waals surface area contributed by atoms with E-state index in [-0.39, 0.29) is 0 Å². The number of benzene rings is 1. The molecule has 0 bridgehead atoms. The second-order valence-corrected chi connectivity index (χ2v) is 4.74. The lowest BCUT2D eigenvalue weighted by atomic mass is 9.92. The number of carboxylic acid groups (broad SMARTS) is 1. The van der Waals surface area contributed by atoms with E-state index >= 15 is 0 Å². The molecule has 1 aromatic rings. The van der Waals surface area contributed by atoms with Crippen molar-refractivity contribution in [2.75, 3.05) is 0 Å². The fraction of sp³-hybridized carbons (Fsp3) is 0.400. The number of hydrogen-bond donors (Lipinski definition) is 1. The zero-order valence-corrected chi connectivity index (χ0v) is 10.1. The van der Waals surface area contributed by atoms with Crippen molar-refractivity contribution in [1.82, 2.24) is 0 Å². The molecule has 1 fully saturated rings. The van der Waals surface area contributed by atoms with Crippen LogP contribution in [0.4, 0.5) is 0 Å². The average molecular weight is 230 g/mol. The SMILES string of the molecule is CC(=Cc1ccccc1C1CCCC1)C(=O)O. The van der Waals surface area contributed by atoms with Gasteiger partial charge in [0.15, 0.2) is 0 Å². The van der Waals surface area contributed by atoms with Crippen LogP contribution in [0.3, 0.4) is 0 Å². The lowest BCUT2D eigenvalue weighted by Crippen LogP contribution is -1.99. The zero-order chi connectivity index (χ0) is 12.3. The number of aliphatic carboxylic acids is 1. The van der Waals surface area contributed by atoms with Gasteiger partial charge in [-0.05, 0) is 42.9 Å². The molecular weight excluding hydrogens is 212 g/mol. The Morgan fingerprint density at radius 1 is 1.29 bits per heavy atom. The van der Waals surface area contributed by atoms with E-state index in [0.717, 1.165) is 5.56 Å². The molecule has 0 saturated heterocycles. The molecule has 2 rings (SSSR count). The van der Waals surface area contributed by atoms with Crippen molar-refractivity contribution < 1.29 is 9.90 Å². The summed E-state index contributed by atoms with van der Waals surface area (Å²) in [5.74, 6) is -0.227. The van der Waals surface area contributed by atoms with Gasteiger partial charge in [0.2, 0.25) is 0 Å². The van der Waals surface area contributed by atoms with Gasteiger partial charge >= 0.3 is 5.97 Å². The number of hydrogen-bond acceptors (Lipinski definition) is 1. The molecule has 2 heteroatoms. The molecule has 0 unspecified atom stereocenters. The van der Waals surface area contributed by atoms with Crippen LogP contribution in [0.5, 0.6) is 0 Å². The van der Waals surface area contributed by atoms with Crippen molar-refractivity contribution in [3.8, 4) is 0 Å². The van der Waals surface area contributed by atoms with Crippen LogP contribution in [-0.4, -0.2) is 11.1 Å². The maximum Gasteiger partial charge on any atom is 0.331 e. The number of rotatable bonds is 3. The normalized spacial score (nSPS) is 17.4. The van der Waals surface area contributed by atoms with Gasteiger partial charge in [0.1, 0.15) is 0 Å². The van der Waals surface area contributed by atoms with Crippen LogP contribution >= 0.6 is 0 Å². The van der Waals surface area contributed by atoms with E-state index < -0.39 is 5.97 Å². The molecule has 1 saturated carbocycles. The second-order valence-electron chi connectivity index (χ2n) is 4.74. The molecule has 2 nitrogen and oxygen atoms in total. The first kappa shape index (κ1) is 11.9. The Morgan fingerprint density at radius 2 is 1.94 bits per heavy atom. The van der Waals surface area contributed by atoms with Crippen molar-refractivity contribution in [2.24, 2.45) is 0 Å². The third kappa shape index (κ3) is 2.76. The zero-order valence-electron chi connectivity index (χ0n) is 10.1. The third-order valence-electron chi connectivity index (χ3n) is 3.50. The number of carboxylic acids is 1. The van der Waals surface area contributed by atoms with E-state index in [1.807, 2.05) is 18.2 Å². The summed E-state index contributed by atoms with van der Waals surface area (Å²) >= 11 is 0. The Kier molecular flexibility index (Phi) is 3.62. The summed E-state index contributed by atoms with van der Waals surface area (Å²) in [6, 6.07) is 8.16. The largest absolute Gasteiger partial charge is 0.478 e. The van der Waals surface area contributed by atoms with Gasteiger partial charge in [0.25, 0.3) is 0 Å². The van der Waals surface area contributed by atoms with Gasteiger partial charge in [-0.2, -0.15) is 0 Å². The predicted octanol–water partition coefficient (Wildman–Crippen LogP) is 3.83. The molecule has 1 N–H and O–H groups in total. The second kappa shape index (κ2) is 5.17. The minimum absolute atomic E-state index is 0.399. The van der Waals surface area contributed by atoms with E-state index in [4.69, 9.17) is 5.11 Å². The minimum Gasteiger partial charge on any atom is -0.478 e. The molecule has 1 aromatic carbocycles. The smallest absolute Gasteiger partial charge is 0.331 e. The fourth-order valence-electron chi connectivity index (χ4n) is 2.55. The van der Waals surface area contributed by atoms with Gasteiger partial charge < -0.3 is 5.11 Å². The van der Waals surface area contributed by atoms with Gasteiger partial charge in [-0.1, -0.05) is 37.1 Å². The predicted molar refractivity (Wildman–Crippen MR) is 68.9 cm³/mol. The fourth-order valence-corrected chi connectivity index (χ4v) is 2.55. The Labute approximate surface area is 102 Å². The maximum atomic E-state index is 10.9. The molecule has 0 amide bonds. The van der Waals surface area contributed by atoms with Gasteiger partial charge in [-0.3, -0.25) is 0 Å². The standard InChI is InChI=1S/C15H18O2/c1-11(15(16)17)10-13-8-4-5-9-14(13)12-6-2-3-7-12/h4-5,8-10,12H,2-3,6-7H2,1H3,(H,16,17). The van der Waals surface area contributed by atoms with Crippen LogP contribution in [0.2, 0.25) is 0 Å². The first-order chi connectivity index (χ1) is 8.18. The van der Waals surface area contributed by atoms with E-state index in [1.165, 1.54) is 31.2 Å². The molecule has 1 aliphatic carbocycles. The Balaban J connectivity index is 2.33. The van der Waals surface area contributed by atoms with Crippen LogP contribution in [0.15, 0.2) is 29.8 Å². The monoisotopic (exact) mass is 230 g/mol. The van der Waals surface area contributed by atoms with Crippen LogP contribution in [0, 0.1) is 0 Å². The molecule has 17 heavy (non-hydrogen) atoms. The summed E-state index contributed by atoms with van der Waals surface area (Å²) in [5, 5.41) is 8.93. The highest BCUT2D eigenvalue weighted by Crippen LogP contribution is 2.36. The Morgan fingerprint density at radius 3 is 2.59 bits per heavy atom. The van der Waals surface area contributed by atoms with Crippen molar-refractivity contribution in [3.05, 3.63) is 41.0 Å². The van der Waals surface area contributed by atoms with E-state index in [0.29, 0.717) is 11.5 Å². The summed E-state index contributed by atoms with van der Waals surface area (Å²) in [6.45, 7) is 1.65. The molecule has 0 spiro atoms. The maximum absolute atomic E-state index is 10.9. The van der Waals surface area contributed by atoms with Gasteiger partial charge in [-0.25, -0.2) is 4.79 Å².